The van der Waals surface area contributed by atoms with E-state index in [0.29, 0.717) is 30.1 Å². The van der Waals surface area contributed by atoms with Gasteiger partial charge in [-0.05, 0) is 54.3 Å². The molecule has 8 nitrogen and oxygen atoms in total. The molecule has 1 aliphatic heterocycles. The summed E-state index contributed by atoms with van der Waals surface area (Å²) in [5, 5.41) is 61.0. The van der Waals surface area contributed by atoms with E-state index >= 15 is 0 Å². The number of hydrogen-bond acceptors (Lipinski definition) is 8. The second-order valence-electron chi connectivity index (χ2n) is 10.2. The van der Waals surface area contributed by atoms with Crippen molar-refractivity contribution in [3.63, 3.8) is 0 Å². The zero-order chi connectivity index (χ0) is 21.1. The topological polar surface area (TPSA) is 140 Å². The zero-order valence-electron chi connectivity index (χ0n) is 17.2. The van der Waals surface area contributed by atoms with Gasteiger partial charge in [-0.2, -0.15) is 0 Å². The van der Waals surface area contributed by atoms with Gasteiger partial charge in [0.2, 0.25) is 0 Å². The number of ether oxygens (including phenoxy) is 2. The Hall–Kier alpha value is -0.320. The third-order valence-electron chi connectivity index (χ3n) is 8.67. The Morgan fingerprint density at radius 1 is 1.00 bits per heavy atom. The molecule has 0 radical (unpaired) electrons. The van der Waals surface area contributed by atoms with E-state index in [-0.39, 0.29) is 24.5 Å². The Morgan fingerprint density at radius 3 is 2.38 bits per heavy atom. The molecular formula is C21H36O8. The van der Waals surface area contributed by atoms with E-state index < -0.39 is 42.9 Å². The van der Waals surface area contributed by atoms with Gasteiger partial charge in [0.15, 0.2) is 6.29 Å². The summed E-state index contributed by atoms with van der Waals surface area (Å²) in [7, 11) is 0. The standard InChI is InChI=1S/C21H36O8/c1-10-3-4-11-14(10)15-12(20(15,2)8-23)5-6-21(11,27)9-28-19-18(26)17(25)16(24)13(7-22)29-19/h10-19,22-27H,3-9H2,1-2H3/t10-,11+,12-,13-,14-,15-,16-,17+,18-,19-,20-,21-/m1/s1. The Kier molecular flexibility index (Phi) is 5.79. The SMILES string of the molecule is C[C@@H]1CC[C@H]2[C@@H]1[C@H]1[C@@H](CC[C@@]2(O)CO[C@@H]2O[C@H](CO)[C@@H](O)[C@H](O)[C@H]2O)[C@@]1(C)CO. The van der Waals surface area contributed by atoms with Gasteiger partial charge in [0.25, 0.3) is 0 Å². The van der Waals surface area contributed by atoms with Crippen LogP contribution in [0.1, 0.15) is 39.5 Å². The maximum absolute atomic E-state index is 11.6. The Balaban J connectivity index is 1.47. The lowest BCUT2D eigenvalue weighted by molar-refractivity contribution is -0.311. The van der Waals surface area contributed by atoms with Gasteiger partial charge in [-0.15, -0.1) is 0 Å². The average molecular weight is 417 g/mol. The first-order chi connectivity index (χ1) is 13.7. The summed E-state index contributed by atoms with van der Waals surface area (Å²) in [4.78, 5) is 0. The first-order valence-electron chi connectivity index (χ1n) is 10.9. The van der Waals surface area contributed by atoms with Crippen LogP contribution in [0, 0.1) is 35.0 Å². The van der Waals surface area contributed by atoms with Crippen LogP contribution in [0.15, 0.2) is 0 Å². The Morgan fingerprint density at radius 2 is 1.72 bits per heavy atom. The molecule has 4 rings (SSSR count). The Bertz CT molecular complexity index is 601. The number of aliphatic hydroxyl groups excluding tert-OH is 5. The van der Waals surface area contributed by atoms with Gasteiger partial charge in [-0.25, -0.2) is 0 Å². The molecule has 0 aromatic rings. The highest BCUT2D eigenvalue weighted by Gasteiger charge is 2.69. The highest BCUT2D eigenvalue weighted by Crippen LogP contribution is 2.71. The quantitative estimate of drug-likeness (QED) is 0.344. The van der Waals surface area contributed by atoms with Crippen molar-refractivity contribution < 1.29 is 40.1 Å². The Labute approximate surface area is 171 Å². The van der Waals surface area contributed by atoms with Crippen LogP contribution in [-0.2, 0) is 9.47 Å². The predicted octanol–water partition coefficient (Wildman–Crippen LogP) is -0.765. The van der Waals surface area contributed by atoms with E-state index in [0.717, 1.165) is 19.3 Å². The third kappa shape index (κ3) is 3.36. The van der Waals surface area contributed by atoms with Gasteiger partial charge >= 0.3 is 0 Å². The molecule has 4 fully saturated rings. The lowest BCUT2D eigenvalue weighted by atomic mass is 9.73. The van der Waals surface area contributed by atoms with Crippen molar-refractivity contribution >= 4 is 0 Å². The minimum Gasteiger partial charge on any atom is -0.396 e. The van der Waals surface area contributed by atoms with Gasteiger partial charge in [0.05, 0.1) is 18.8 Å². The number of rotatable bonds is 5. The van der Waals surface area contributed by atoms with Crippen molar-refractivity contribution in [2.45, 2.75) is 75.8 Å². The summed E-state index contributed by atoms with van der Waals surface area (Å²) in [6.07, 6.45) is -3.36. The molecule has 168 valence electrons. The molecule has 0 unspecified atom stereocenters. The fourth-order valence-electron chi connectivity index (χ4n) is 6.80. The summed E-state index contributed by atoms with van der Waals surface area (Å²) in [5.74, 6) is 1.66. The van der Waals surface area contributed by atoms with E-state index in [2.05, 4.69) is 13.8 Å². The fraction of sp³-hybridized carbons (Fsp3) is 1.00. The largest absolute Gasteiger partial charge is 0.396 e. The van der Waals surface area contributed by atoms with Crippen molar-refractivity contribution in [1.29, 1.82) is 0 Å². The average Bonchev–Trinajstić information content (AvgIpc) is 3.15. The van der Waals surface area contributed by atoms with Crippen molar-refractivity contribution in [3.8, 4) is 0 Å². The van der Waals surface area contributed by atoms with E-state index in [1.165, 1.54) is 0 Å². The normalized spacial score (nSPS) is 57.1. The molecular weight excluding hydrogens is 380 g/mol. The summed E-state index contributed by atoms with van der Waals surface area (Å²) in [6.45, 7) is 4.00. The van der Waals surface area contributed by atoms with Gasteiger partial charge in [-0.1, -0.05) is 20.3 Å². The van der Waals surface area contributed by atoms with Crippen LogP contribution in [0.5, 0.6) is 0 Å². The molecule has 0 aromatic carbocycles. The molecule has 3 aliphatic carbocycles. The van der Waals surface area contributed by atoms with Crippen LogP contribution in [0.25, 0.3) is 0 Å². The molecule has 29 heavy (non-hydrogen) atoms. The highest BCUT2D eigenvalue weighted by atomic mass is 16.7. The lowest BCUT2D eigenvalue weighted by Crippen LogP contribution is -2.60. The molecule has 8 heteroatoms. The van der Waals surface area contributed by atoms with Crippen LogP contribution in [0.3, 0.4) is 0 Å². The van der Waals surface area contributed by atoms with Gasteiger partial charge in [0, 0.05) is 6.61 Å². The second-order valence-corrected chi connectivity index (χ2v) is 10.2. The summed E-state index contributed by atoms with van der Waals surface area (Å²) >= 11 is 0. The van der Waals surface area contributed by atoms with Gasteiger partial charge in [-0.3, -0.25) is 0 Å². The van der Waals surface area contributed by atoms with Crippen molar-refractivity contribution in [2.24, 2.45) is 35.0 Å². The number of fused-ring (bicyclic) bond motifs is 3. The molecule has 4 aliphatic rings. The highest BCUT2D eigenvalue weighted by molar-refractivity contribution is 5.17. The summed E-state index contributed by atoms with van der Waals surface area (Å²) in [5.41, 5.74) is -1.13. The van der Waals surface area contributed by atoms with Gasteiger partial charge in [0.1, 0.15) is 24.4 Å². The summed E-state index contributed by atoms with van der Waals surface area (Å²) in [6, 6.07) is 0. The molecule has 3 saturated carbocycles. The first-order valence-corrected chi connectivity index (χ1v) is 10.9. The van der Waals surface area contributed by atoms with E-state index in [1.54, 1.807) is 0 Å². The molecule has 1 saturated heterocycles. The minimum atomic E-state index is -1.49. The summed E-state index contributed by atoms with van der Waals surface area (Å²) < 4.78 is 11.2. The molecule has 0 bridgehead atoms. The molecule has 1 heterocycles. The van der Waals surface area contributed by atoms with Crippen LogP contribution < -0.4 is 0 Å². The van der Waals surface area contributed by atoms with Gasteiger partial charge < -0.3 is 40.1 Å². The minimum absolute atomic E-state index is 0.0428. The number of aliphatic hydroxyl groups is 6. The molecule has 0 amide bonds. The molecule has 0 spiro atoms. The van der Waals surface area contributed by atoms with E-state index in [1.807, 2.05) is 0 Å². The first kappa shape index (κ1) is 21.9. The predicted molar refractivity (Wildman–Crippen MR) is 101 cm³/mol. The van der Waals surface area contributed by atoms with Crippen LogP contribution >= 0.6 is 0 Å². The molecule has 0 aromatic heterocycles. The monoisotopic (exact) mass is 416 g/mol. The van der Waals surface area contributed by atoms with E-state index in [9.17, 15) is 30.6 Å². The maximum atomic E-state index is 11.6. The van der Waals surface area contributed by atoms with Crippen molar-refractivity contribution in [1.82, 2.24) is 0 Å². The van der Waals surface area contributed by atoms with E-state index in [4.69, 9.17) is 9.47 Å². The van der Waals surface area contributed by atoms with Crippen molar-refractivity contribution in [3.05, 3.63) is 0 Å². The second kappa shape index (κ2) is 7.67. The molecule has 6 N–H and O–H groups in total. The van der Waals surface area contributed by atoms with Crippen LogP contribution in [0.4, 0.5) is 0 Å². The zero-order valence-corrected chi connectivity index (χ0v) is 17.2. The molecule has 12 atom stereocenters. The third-order valence-corrected chi connectivity index (χ3v) is 8.67. The van der Waals surface area contributed by atoms with Crippen LogP contribution in [-0.4, -0.2) is 86.8 Å². The number of hydrogen-bond donors (Lipinski definition) is 6. The van der Waals surface area contributed by atoms with Crippen LogP contribution in [0.2, 0.25) is 0 Å². The fourth-order valence-corrected chi connectivity index (χ4v) is 6.80. The van der Waals surface area contributed by atoms with Crippen molar-refractivity contribution in [2.75, 3.05) is 19.8 Å². The lowest BCUT2D eigenvalue weighted by Gasteiger charge is -2.43. The maximum Gasteiger partial charge on any atom is 0.186 e. The smallest absolute Gasteiger partial charge is 0.186 e.